The van der Waals surface area contributed by atoms with Gasteiger partial charge in [0.25, 0.3) is 0 Å². The maximum atomic E-state index is 12.0. The van der Waals surface area contributed by atoms with E-state index in [1.807, 2.05) is 26.0 Å². The van der Waals surface area contributed by atoms with Gasteiger partial charge in [0.2, 0.25) is 5.91 Å². The second kappa shape index (κ2) is 6.62. The van der Waals surface area contributed by atoms with Crippen molar-refractivity contribution in [3.05, 3.63) is 29.3 Å². The van der Waals surface area contributed by atoms with Crippen LogP contribution in [-0.4, -0.2) is 18.1 Å². The summed E-state index contributed by atoms with van der Waals surface area (Å²) < 4.78 is 5.65. The molecule has 1 aliphatic rings. The average Bonchev–Trinajstić information content (AvgIpc) is 2.90. The molecule has 1 fully saturated rings. The lowest BCUT2D eigenvalue weighted by Crippen LogP contribution is -2.45. The second-order valence-electron chi connectivity index (χ2n) is 5.82. The predicted octanol–water partition coefficient (Wildman–Crippen LogP) is 3.02. The van der Waals surface area contributed by atoms with Crippen LogP contribution in [0.25, 0.3) is 0 Å². The van der Waals surface area contributed by atoms with Crippen molar-refractivity contribution in [2.75, 3.05) is 6.61 Å². The summed E-state index contributed by atoms with van der Waals surface area (Å²) in [6, 6.07) is 8.23. The molecular formula is C17H22N2O2. The number of hydrogen-bond donors (Lipinski definition) is 1. The minimum atomic E-state index is -0.642. The molecule has 0 aliphatic heterocycles. The number of carbonyl (C=O) groups excluding carboxylic acids is 1. The van der Waals surface area contributed by atoms with Crippen LogP contribution in [-0.2, 0) is 4.79 Å². The lowest BCUT2D eigenvalue weighted by atomic mass is 10.00. The van der Waals surface area contributed by atoms with E-state index in [4.69, 9.17) is 4.74 Å². The summed E-state index contributed by atoms with van der Waals surface area (Å²) in [5.74, 6) is 0.701. The number of nitriles is 1. The van der Waals surface area contributed by atoms with Crippen LogP contribution in [0, 0.1) is 25.2 Å². The molecule has 1 aromatic rings. The van der Waals surface area contributed by atoms with E-state index in [-0.39, 0.29) is 12.3 Å². The van der Waals surface area contributed by atoms with E-state index in [9.17, 15) is 10.1 Å². The largest absolute Gasteiger partial charge is 0.493 e. The van der Waals surface area contributed by atoms with Gasteiger partial charge in [-0.2, -0.15) is 5.26 Å². The molecule has 0 heterocycles. The van der Waals surface area contributed by atoms with Crippen molar-refractivity contribution in [3.63, 3.8) is 0 Å². The van der Waals surface area contributed by atoms with E-state index >= 15 is 0 Å². The fourth-order valence-electron chi connectivity index (χ4n) is 2.79. The fourth-order valence-corrected chi connectivity index (χ4v) is 2.79. The standard InChI is InChI=1S/C17H22N2O2/c1-13-5-6-15(14(2)11-13)21-10-7-16(20)19-17(12-18)8-3-4-9-17/h5-6,11H,3-4,7-10H2,1-2H3,(H,19,20). The van der Waals surface area contributed by atoms with Crippen LogP contribution in [0.1, 0.15) is 43.2 Å². The van der Waals surface area contributed by atoms with Gasteiger partial charge >= 0.3 is 0 Å². The van der Waals surface area contributed by atoms with Crippen LogP contribution in [0.5, 0.6) is 5.75 Å². The van der Waals surface area contributed by atoms with E-state index in [0.29, 0.717) is 6.61 Å². The molecule has 0 atom stereocenters. The molecule has 0 radical (unpaired) electrons. The highest BCUT2D eigenvalue weighted by Gasteiger charge is 2.35. The molecule has 112 valence electrons. The predicted molar refractivity (Wildman–Crippen MR) is 81.0 cm³/mol. The Morgan fingerprint density at radius 1 is 1.38 bits per heavy atom. The van der Waals surface area contributed by atoms with Gasteiger partial charge in [-0.25, -0.2) is 0 Å². The Balaban J connectivity index is 1.80. The second-order valence-corrected chi connectivity index (χ2v) is 5.82. The Morgan fingerprint density at radius 3 is 2.71 bits per heavy atom. The lowest BCUT2D eigenvalue weighted by molar-refractivity contribution is -0.122. The molecule has 1 N–H and O–H groups in total. The van der Waals surface area contributed by atoms with Crippen molar-refractivity contribution in [2.45, 2.75) is 51.5 Å². The van der Waals surface area contributed by atoms with E-state index in [0.717, 1.165) is 37.0 Å². The smallest absolute Gasteiger partial charge is 0.224 e. The van der Waals surface area contributed by atoms with Gasteiger partial charge in [-0.05, 0) is 51.2 Å². The highest BCUT2D eigenvalue weighted by Crippen LogP contribution is 2.28. The molecule has 0 bridgehead atoms. The molecule has 0 unspecified atom stereocenters. The fraction of sp³-hybridized carbons (Fsp3) is 0.529. The minimum Gasteiger partial charge on any atom is -0.493 e. The van der Waals surface area contributed by atoms with Crippen LogP contribution in [0.4, 0.5) is 0 Å². The first-order valence-corrected chi connectivity index (χ1v) is 7.47. The highest BCUT2D eigenvalue weighted by atomic mass is 16.5. The quantitative estimate of drug-likeness (QED) is 0.905. The monoisotopic (exact) mass is 286 g/mol. The summed E-state index contributed by atoms with van der Waals surface area (Å²) in [5.41, 5.74) is 1.62. The molecule has 0 saturated heterocycles. The molecule has 1 aromatic carbocycles. The third-order valence-electron chi connectivity index (χ3n) is 3.97. The molecule has 0 aromatic heterocycles. The maximum absolute atomic E-state index is 12.0. The summed E-state index contributed by atoms with van der Waals surface area (Å²) in [5, 5.41) is 12.1. The number of nitrogens with one attached hydrogen (secondary N) is 1. The Bertz CT molecular complexity index is 554. The van der Waals surface area contributed by atoms with Crippen LogP contribution in [0.3, 0.4) is 0 Å². The topological polar surface area (TPSA) is 62.1 Å². The average molecular weight is 286 g/mol. The van der Waals surface area contributed by atoms with Crippen LogP contribution in [0.2, 0.25) is 0 Å². The highest BCUT2D eigenvalue weighted by molar-refractivity contribution is 5.77. The Kier molecular flexibility index (Phi) is 4.85. The van der Waals surface area contributed by atoms with Gasteiger partial charge in [-0.3, -0.25) is 4.79 Å². The Hall–Kier alpha value is -2.02. The van der Waals surface area contributed by atoms with Crippen molar-refractivity contribution in [1.29, 1.82) is 5.26 Å². The van der Waals surface area contributed by atoms with Crippen molar-refractivity contribution in [1.82, 2.24) is 5.32 Å². The van der Waals surface area contributed by atoms with Gasteiger partial charge in [-0.1, -0.05) is 17.7 Å². The SMILES string of the molecule is Cc1ccc(OCCC(=O)NC2(C#N)CCCC2)c(C)c1. The van der Waals surface area contributed by atoms with E-state index in [2.05, 4.69) is 17.5 Å². The number of hydrogen-bond acceptors (Lipinski definition) is 3. The zero-order valence-electron chi connectivity index (χ0n) is 12.7. The summed E-state index contributed by atoms with van der Waals surface area (Å²) >= 11 is 0. The number of benzene rings is 1. The molecule has 21 heavy (non-hydrogen) atoms. The first-order chi connectivity index (χ1) is 10.0. The third-order valence-corrected chi connectivity index (χ3v) is 3.97. The van der Waals surface area contributed by atoms with Gasteiger partial charge in [0.05, 0.1) is 19.1 Å². The summed E-state index contributed by atoms with van der Waals surface area (Å²) in [6.45, 7) is 4.36. The molecule has 0 spiro atoms. The van der Waals surface area contributed by atoms with Crippen LogP contribution >= 0.6 is 0 Å². The van der Waals surface area contributed by atoms with Crippen molar-refractivity contribution >= 4 is 5.91 Å². The zero-order chi connectivity index (χ0) is 15.3. The van der Waals surface area contributed by atoms with Crippen LogP contribution in [0.15, 0.2) is 18.2 Å². The number of amides is 1. The maximum Gasteiger partial charge on any atom is 0.224 e. The van der Waals surface area contributed by atoms with E-state index in [1.165, 1.54) is 5.56 Å². The Morgan fingerprint density at radius 2 is 2.10 bits per heavy atom. The van der Waals surface area contributed by atoms with Crippen molar-refractivity contribution < 1.29 is 9.53 Å². The first kappa shape index (κ1) is 15.4. The molecule has 1 saturated carbocycles. The summed E-state index contributed by atoms with van der Waals surface area (Å²) in [6.07, 6.45) is 3.80. The number of ether oxygens (including phenoxy) is 1. The van der Waals surface area contributed by atoms with Crippen molar-refractivity contribution in [3.8, 4) is 11.8 Å². The van der Waals surface area contributed by atoms with Gasteiger partial charge in [0.15, 0.2) is 0 Å². The Labute approximate surface area is 126 Å². The van der Waals surface area contributed by atoms with E-state index in [1.54, 1.807) is 0 Å². The molecule has 4 heteroatoms. The summed E-state index contributed by atoms with van der Waals surface area (Å²) in [7, 11) is 0. The van der Waals surface area contributed by atoms with Crippen molar-refractivity contribution in [2.24, 2.45) is 0 Å². The van der Waals surface area contributed by atoms with E-state index < -0.39 is 5.54 Å². The van der Waals surface area contributed by atoms with Gasteiger partial charge in [-0.15, -0.1) is 0 Å². The molecule has 1 amide bonds. The molecule has 1 aliphatic carbocycles. The van der Waals surface area contributed by atoms with Gasteiger partial charge in [0, 0.05) is 0 Å². The molecular weight excluding hydrogens is 264 g/mol. The minimum absolute atomic E-state index is 0.108. The number of rotatable bonds is 5. The van der Waals surface area contributed by atoms with Gasteiger partial charge < -0.3 is 10.1 Å². The summed E-state index contributed by atoms with van der Waals surface area (Å²) in [4.78, 5) is 12.0. The van der Waals surface area contributed by atoms with Gasteiger partial charge in [0.1, 0.15) is 11.3 Å². The lowest BCUT2D eigenvalue weighted by Gasteiger charge is -2.22. The number of carbonyl (C=O) groups is 1. The normalized spacial score (nSPS) is 16.2. The molecule has 2 rings (SSSR count). The van der Waals surface area contributed by atoms with Crippen LogP contribution < -0.4 is 10.1 Å². The number of aryl methyl sites for hydroxylation is 2. The number of nitrogens with zero attached hydrogens (tertiary/aromatic N) is 1. The third kappa shape index (κ3) is 3.98. The first-order valence-electron chi connectivity index (χ1n) is 7.47. The zero-order valence-corrected chi connectivity index (χ0v) is 12.7. The molecule has 4 nitrogen and oxygen atoms in total.